The maximum absolute atomic E-state index is 5.63. The molecule has 0 amide bonds. The Hall–Kier alpha value is -1.99. The molecule has 0 aliphatic heterocycles. The second kappa shape index (κ2) is 5.11. The number of nitrogens with one attached hydrogen (secondary N) is 1. The Bertz CT molecular complexity index is 538. The van der Waals surface area contributed by atoms with Gasteiger partial charge in [0, 0.05) is 13.2 Å². The number of hydrogen-bond acceptors (Lipinski definition) is 6. The lowest BCUT2D eigenvalue weighted by molar-refractivity contribution is 0.400. The largest absolute Gasteiger partial charge is 0.493 e. The van der Waals surface area contributed by atoms with Gasteiger partial charge in [0.15, 0.2) is 5.75 Å². The molecule has 0 spiro atoms. The van der Waals surface area contributed by atoms with Gasteiger partial charge in [0.2, 0.25) is 0 Å². The molecule has 3 N–H and O–H groups in total. The third-order valence-electron chi connectivity index (χ3n) is 2.70. The Morgan fingerprint density at radius 2 is 2.28 bits per heavy atom. The Kier molecular flexibility index (Phi) is 3.54. The number of ether oxygens (including phenoxy) is 1. The highest BCUT2D eigenvalue weighted by Gasteiger charge is 2.22. The molecule has 0 saturated heterocycles. The van der Waals surface area contributed by atoms with E-state index in [0.717, 1.165) is 11.4 Å². The quantitative estimate of drug-likeness (QED) is 0.588. The molecule has 0 aromatic carbocycles. The Morgan fingerprint density at radius 3 is 2.89 bits per heavy atom. The van der Waals surface area contributed by atoms with Gasteiger partial charge in [-0.1, -0.05) is 0 Å². The number of hydrazine groups is 1. The molecule has 0 bridgehead atoms. The summed E-state index contributed by atoms with van der Waals surface area (Å²) in [7, 11) is 3.43. The summed E-state index contributed by atoms with van der Waals surface area (Å²) in [5.74, 6) is 6.98. The summed E-state index contributed by atoms with van der Waals surface area (Å²) in [5, 5.41) is 4.16. The summed E-state index contributed by atoms with van der Waals surface area (Å²) >= 11 is 0. The van der Waals surface area contributed by atoms with Crippen LogP contribution in [0, 0.1) is 6.92 Å². The van der Waals surface area contributed by atoms with Gasteiger partial charge in [0.1, 0.15) is 17.6 Å². The lowest BCUT2D eigenvalue weighted by atomic mass is 10.1. The molecule has 2 aromatic heterocycles. The van der Waals surface area contributed by atoms with E-state index in [1.54, 1.807) is 24.2 Å². The van der Waals surface area contributed by atoms with Crippen molar-refractivity contribution in [3.05, 3.63) is 35.7 Å². The zero-order chi connectivity index (χ0) is 13.1. The first kappa shape index (κ1) is 12.5. The van der Waals surface area contributed by atoms with Crippen molar-refractivity contribution in [2.45, 2.75) is 13.0 Å². The molecule has 7 heteroatoms. The van der Waals surface area contributed by atoms with Crippen LogP contribution in [-0.2, 0) is 7.05 Å². The average Bonchev–Trinajstić information content (AvgIpc) is 2.72. The van der Waals surface area contributed by atoms with Crippen LogP contribution in [0.25, 0.3) is 0 Å². The predicted octanol–water partition coefficient (Wildman–Crippen LogP) is 0.0798. The van der Waals surface area contributed by atoms with E-state index in [0.29, 0.717) is 11.6 Å². The van der Waals surface area contributed by atoms with Crippen molar-refractivity contribution < 1.29 is 4.74 Å². The molecular formula is C11H16N6O. The van der Waals surface area contributed by atoms with E-state index < -0.39 is 0 Å². The van der Waals surface area contributed by atoms with Gasteiger partial charge in [-0.3, -0.25) is 10.5 Å². The summed E-state index contributed by atoms with van der Waals surface area (Å²) in [5.41, 5.74) is 4.32. The van der Waals surface area contributed by atoms with Crippen LogP contribution in [0.15, 0.2) is 18.5 Å². The minimum atomic E-state index is -0.297. The second-order valence-corrected chi connectivity index (χ2v) is 3.85. The molecule has 18 heavy (non-hydrogen) atoms. The van der Waals surface area contributed by atoms with E-state index in [9.17, 15) is 0 Å². The monoisotopic (exact) mass is 248 g/mol. The van der Waals surface area contributed by atoms with Crippen molar-refractivity contribution in [3.8, 4) is 5.75 Å². The van der Waals surface area contributed by atoms with E-state index in [1.165, 1.54) is 0 Å². The van der Waals surface area contributed by atoms with Gasteiger partial charge in [-0.2, -0.15) is 5.10 Å². The first-order chi connectivity index (χ1) is 8.67. The van der Waals surface area contributed by atoms with Crippen molar-refractivity contribution in [2.75, 3.05) is 7.11 Å². The molecular weight excluding hydrogens is 232 g/mol. The third-order valence-corrected chi connectivity index (χ3v) is 2.70. The molecule has 0 aliphatic rings. The van der Waals surface area contributed by atoms with Crippen LogP contribution < -0.4 is 16.0 Å². The summed E-state index contributed by atoms with van der Waals surface area (Å²) in [4.78, 5) is 8.44. The van der Waals surface area contributed by atoms with Gasteiger partial charge in [-0.05, 0) is 13.0 Å². The fourth-order valence-electron chi connectivity index (χ4n) is 1.85. The second-order valence-electron chi connectivity index (χ2n) is 3.85. The zero-order valence-electron chi connectivity index (χ0n) is 10.6. The lowest BCUT2D eigenvalue weighted by Gasteiger charge is -2.17. The smallest absolute Gasteiger partial charge is 0.162 e. The van der Waals surface area contributed by atoms with E-state index in [1.807, 2.05) is 20.0 Å². The number of aromatic nitrogens is 4. The van der Waals surface area contributed by atoms with Crippen LogP contribution in [-0.4, -0.2) is 26.9 Å². The van der Waals surface area contributed by atoms with Crippen LogP contribution in [0.3, 0.4) is 0 Å². The molecule has 1 unspecified atom stereocenters. The average molecular weight is 248 g/mol. The normalized spacial score (nSPS) is 12.4. The molecule has 0 radical (unpaired) electrons. The van der Waals surface area contributed by atoms with Gasteiger partial charge in [-0.25, -0.2) is 15.4 Å². The number of nitrogens with two attached hydrogens (primary N) is 1. The SMILES string of the molecule is COc1cnn(C)c1C(NN)c1ccnc(C)n1. The molecule has 2 heterocycles. The maximum Gasteiger partial charge on any atom is 0.162 e. The predicted molar refractivity (Wildman–Crippen MR) is 65.7 cm³/mol. The maximum atomic E-state index is 5.63. The number of hydrogen-bond donors (Lipinski definition) is 2. The van der Waals surface area contributed by atoms with E-state index in [-0.39, 0.29) is 6.04 Å². The Labute approximate surface area is 105 Å². The highest BCUT2D eigenvalue weighted by atomic mass is 16.5. The minimum absolute atomic E-state index is 0.297. The van der Waals surface area contributed by atoms with Crippen molar-refractivity contribution in [3.63, 3.8) is 0 Å². The van der Waals surface area contributed by atoms with Gasteiger partial charge in [-0.15, -0.1) is 0 Å². The number of aryl methyl sites for hydroxylation is 2. The molecule has 0 aliphatic carbocycles. The molecule has 0 fully saturated rings. The third kappa shape index (κ3) is 2.18. The minimum Gasteiger partial charge on any atom is -0.493 e. The first-order valence-electron chi connectivity index (χ1n) is 5.49. The van der Waals surface area contributed by atoms with Crippen LogP contribution >= 0.6 is 0 Å². The number of methoxy groups -OCH3 is 1. The number of rotatable bonds is 4. The topological polar surface area (TPSA) is 90.9 Å². The first-order valence-corrected chi connectivity index (χ1v) is 5.49. The molecule has 7 nitrogen and oxygen atoms in total. The molecule has 2 rings (SSSR count). The van der Waals surface area contributed by atoms with E-state index in [2.05, 4.69) is 20.5 Å². The van der Waals surface area contributed by atoms with Crippen LogP contribution in [0.5, 0.6) is 5.75 Å². The van der Waals surface area contributed by atoms with E-state index in [4.69, 9.17) is 10.6 Å². The fraction of sp³-hybridized carbons (Fsp3) is 0.364. The molecule has 1 atom stereocenters. The van der Waals surface area contributed by atoms with E-state index >= 15 is 0 Å². The van der Waals surface area contributed by atoms with Gasteiger partial charge < -0.3 is 4.74 Å². The fourth-order valence-corrected chi connectivity index (χ4v) is 1.85. The van der Waals surface area contributed by atoms with Crippen LogP contribution in [0.4, 0.5) is 0 Å². The lowest BCUT2D eigenvalue weighted by Crippen LogP contribution is -2.31. The summed E-state index contributed by atoms with van der Waals surface area (Å²) in [6.45, 7) is 1.83. The van der Waals surface area contributed by atoms with Gasteiger partial charge in [0.25, 0.3) is 0 Å². The van der Waals surface area contributed by atoms with Crippen molar-refractivity contribution >= 4 is 0 Å². The summed E-state index contributed by atoms with van der Waals surface area (Å²) in [6.07, 6.45) is 3.35. The molecule has 0 saturated carbocycles. The standard InChI is InChI=1S/C11H16N6O/c1-7-13-5-4-8(15-7)10(16-12)11-9(18-3)6-14-17(11)2/h4-6,10,16H,12H2,1-3H3. The van der Waals surface area contributed by atoms with Crippen molar-refractivity contribution in [1.29, 1.82) is 0 Å². The van der Waals surface area contributed by atoms with Crippen LogP contribution in [0.1, 0.15) is 23.3 Å². The Balaban J connectivity index is 2.48. The van der Waals surface area contributed by atoms with Crippen LogP contribution in [0.2, 0.25) is 0 Å². The highest BCUT2D eigenvalue weighted by Crippen LogP contribution is 2.27. The zero-order valence-corrected chi connectivity index (χ0v) is 10.6. The van der Waals surface area contributed by atoms with Crippen molar-refractivity contribution in [1.82, 2.24) is 25.2 Å². The van der Waals surface area contributed by atoms with Gasteiger partial charge >= 0.3 is 0 Å². The summed E-state index contributed by atoms with van der Waals surface area (Å²) in [6, 6.07) is 1.51. The van der Waals surface area contributed by atoms with Gasteiger partial charge in [0.05, 0.1) is 19.0 Å². The molecule has 96 valence electrons. The highest BCUT2D eigenvalue weighted by molar-refractivity contribution is 5.33. The summed E-state index contributed by atoms with van der Waals surface area (Å²) < 4.78 is 6.99. The number of nitrogens with zero attached hydrogens (tertiary/aromatic N) is 4. The Morgan fingerprint density at radius 1 is 1.50 bits per heavy atom. The van der Waals surface area contributed by atoms with Crippen molar-refractivity contribution in [2.24, 2.45) is 12.9 Å². The molecule has 2 aromatic rings.